The van der Waals surface area contributed by atoms with Gasteiger partial charge in [0.2, 0.25) is 5.69 Å². The van der Waals surface area contributed by atoms with Gasteiger partial charge in [-0.3, -0.25) is 14.6 Å². The predicted octanol–water partition coefficient (Wildman–Crippen LogP) is -2.68. The molecule has 0 aromatic carbocycles. The first-order valence-corrected chi connectivity index (χ1v) is 5.70. The normalized spacial score (nSPS) is 32.3. The second-order valence-corrected chi connectivity index (χ2v) is 4.35. The summed E-state index contributed by atoms with van der Waals surface area (Å²) in [6.07, 6.45) is -3.95. The Balaban J connectivity index is 2.00. The second kappa shape index (κ2) is 4.66. The average Bonchev–Trinajstić information content (AvgIpc) is 2.94. The van der Waals surface area contributed by atoms with Crippen LogP contribution in [-0.2, 0) is 9.68 Å². The Labute approximate surface area is 111 Å². The van der Waals surface area contributed by atoms with Gasteiger partial charge in [0.05, 0.1) is 6.61 Å². The zero-order valence-electron chi connectivity index (χ0n) is 9.95. The maximum Gasteiger partial charge on any atom is 0.286 e. The minimum Gasteiger partial charge on any atom is -0.394 e. The average molecular weight is 288 g/mol. The molecule has 1 aromatic rings. The Morgan fingerprint density at radius 2 is 2.15 bits per heavy atom. The molecule has 3 rings (SSSR count). The molecule has 1 aromatic heterocycles. The number of hydrogen-bond donors (Lipinski definition) is 5. The van der Waals surface area contributed by atoms with Gasteiger partial charge in [0.15, 0.2) is 12.0 Å². The van der Waals surface area contributed by atoms with E-state index < -0.39 is 36.7 Å². The fourth-order valence-electron chi connectivity index (χ4n) is 2.13. The Morgan fingerprint density at radius 1 is 1.40 bits per heavy atom. The summed E-state index contributed by atoms with van der Waals surface area (Å²) in [7, 11) is 0. The molecule has 3 heterocycles. The van der Waals surface area contributed by atoms with E-state index in [1.807, 2.05) is 0 Å². The van der Waals surface area contributed by atoms with Crippen LogP contribution in [0, 0.1) is 0 Å². The number of nitrogens with one attached hydrogen (secondary N) is 1. The first kappa shape index (κ1) is 13.2. The van der Waals surface area contributed by atoms with Crippen LogP contribution in [0.5, 0.6) is 0 Å². The SMILES string of the molecule is O=c1c2c(ncn1[C@H]1O[C@@H](CO)[C@@H](O)[C@H]1O)NON2O. The summed E-state index contributed by atoms with van der Waals surface area (Å²) in [5.74, 6) is 0.000457. The molecule has 0 aliphatic carbocycles. The molecule has 1 fully saturated rings. The van der Waals surface area contributed by atoms with Gasteiger partial charge >= 0.3 is 0 Å². The largest absolute Gasteiger partial charge is 0.394 e. The summed E-state index contributed by atoms with van der Waals surface area (Å²) in [6, 6.07) is 0. The lowest BCUT2D eigenvalue weighted by Gasteiger charge is -2.17. The Kier molecular flexibility index (Phi) is 3.08. The first-order valence-electron chi connectivity index (χ1n) is 5.70. The van der Waals surface area contributed by atoms with Crippen molar-refractivity contribution in [3.8, 4) is 0 Å². The number of aromatic nitrogens is 2. The van der Waals surface area contributed by atoms with E-state index in [4.69, 9.17) is 9.84 Å². The topological polar surface area (TPSA) is 150 Å². The zero-order valence-corrected chi connectivity index (χ0v) is 9.95. The monoisotopic (exact) mass is 288 g/mol. The first-order chi connectivity index (χ1) is 9.54. The van der Waals surface area contributed by atoms with Crippen molar-refractivity contribution in [1.29, 1.82) is 0 Å². The molecular weight excluding hydrogens is 276 g/mol. The molecule has 0 amide bonds. The predicted molar refractivity (Wildman–Crippen MR) is 60.5 cm³/mol. The number of nitrogens with zero attached hydrogens (tertiary/aromatic N) is 3. The fraction of sp³-hybridized carbons (Fsp3) is 0.556. The summed E-state index contributed by atoms with van der Waals surface area (Å²) in [5.41, 5.74) is 1.17. The van der Waals surface area contributed by atoms with Crippen molar-refractivity contribution in [2.24, 2.45) is 0 Å². The highest BCUT2D eigenvalue weighted by molar-refractivity contribution is 5.63. The second-order valence-electron chi connectivity index (χ2n) is 4.35. The maximum absolute atomic E-state index is 12.2. The molecular formula is C9H12N4O7. The highest BCUT2D eigenvalue weighted by atomic mass is 17.0. The van der Waals surface area contributed by atoms with Gasteiger partial charge in [0, 0.05) is 0 Å². The van der Waals surface area contributed by atoms with E-state index in [-0.39, 0.29) is 16.7 Å². The van der Waals surface area contributed by atoms with Gasteiger partial charge in [0.1, 0.15) is 24.6 Å². The van der Waals surface area contributed by atoms with E-state index in [9.17, 15) is 20.2 Å². The van der Waals surface area contributed by atoms with Crippen molar-refractivity contribution in [3.05, 3.63) is 16.7 Å². The van der Waals surface area contributed by atoms with Gasteiger partial charge in [-0.05, 0) is 0 Å². The summed E-state index contributed by atoms with van der Waals surface area (Å²) < 4.78 is 6.10. The highest BCUT2D eigenvalue weighted by Crippen LogP contribution is 2.30. The van der Waals surface area contributed by atoms with Crippen molar-refractivity contribution in [2.45, 2.75) is 24.5 Å². The zero-order chi connectivity index (χ0) is 14.4. The van der Waals surface area contributed by atoms with Gasteiger partial charge in [-0.2, -0.15) is 0 Å². The number of anilines is 2. The van der Waals surface area contributed by atoms with Crippen LogP contribution >= 0.6 is 0 Å². The molecule has 2 aliphatic rings. The van der Waals surface area contributed by atoms with E-state index in [1.54, 1.807) is 0 Å². The number of aliphatic hydroxyl groups excluding tert-OH is 3. The lowest BCUT2D eigenvalue weighted by molar-refractivity contribution is -0.0551. The number of fused-ring (bicyclic) bond motifs is 1. The number of ether oxygens (including phenoxy) is 1. The van der Waals surface area contributed by atoms with Crippen LogP contribution in [0.1, 0.15) is 6.23 Å². The molecule has 11 heteroatoms. The molecule has 4 atom stereocenters. The molecule has 0 saturated carbocycles. The third-order valence-corrected chi connectivity index (χ3v) is 3.18. The Bertz CT molecular complexity index is 578. The van der Waals surface area contributed by atoms with Crippen LogP contribution in [0.3, 0.4) is 0 Å². The van der Waals surface area contributed by atoms with Crippen LogP contribution in [-0.4, -0.2) is 55.0 Å². The van der Waals surface area contributed by atoms with Gasteiger partial charge in [-0.1, -0.05) is 5.23 Å². The fourth-order valence-corrected chi connectivity index (χ4v) is 2.13. The molecule has 0 spiro atoms. The lowest BCUT2D eigenvalue weighted by Crippen LogP contribution is -2.36. The summed E-state index contributed by atoms with van der Waals surface area (Å²) >= 11 is 0. The third kappa shape index (κ3) is 1.76. The number of rotatable bonds is 2. The van der Waals surface area contributed by atoms with E-state index in [1.165, 1.54) is 0 Å². The molecule has 0 radical (unpaired) electrons. The molecule has 5 N–H and O–H groups in total. The van der Waals surface area contributed by atoms with Crippen LogP contribution < -0.4 is 16.3 Å². The molecule has 20 heavy (non-hydrogen) atoms. The molecule has 110 valence electrons. The van der Waals surface area contributed by atoms with Crippen LogP contribution in [0.15, 0.2) is 11.1 Å². The van der Waals surface area contributed by atoms with Crippen LogP contribution in [0.2, 0.25) is 0 Å². The van der Waals surface area contributed by atoms with Gasteiger partial charge in [-0.15, -0.1) is 4.94 Å². The smallest absolute Gasteiger partial charge is 0.286 e. The highest BCUT2D eigenvalue weighted by Gasteiger charge is 2.44. The van der Waals surface area contributed by atoms with E-state index in [0.717, 1.165) is 10.9 Å². The van der Waals surface area contributed by atoms with E-state index in [0.29, 0.717) is 0 Å². The third-order valence-electron chi connectivity index (χ3n) is 3.18. The molecule has 0 bridgehead atoms. The number of hydrogen-bond acceptors (Lipinski definition) is 10. The van der Waals surface area contributed by atoms with Crippen molar-refractivity contribution in [3.63, 3.8) is 0 Å². The maximum atomic E-state index is 12.2. The van der Waals surface area contributed by atoms with E-state index in [2.05, 4.69) is 15.4 Å². The number of aliphatic hydroxyl groups is 3. The van der Waals surface area contributed by atoms with Crippen LogP contribution in [0.25, 0.3) is 0 Å². The van der Waals surface area contributed by atoms with Crippen molar-refractivity contribution in [1.82, 2.24) is 9.55 Å². The van der Waals surface area contributed by atoms with Gasteiger partial charge in [0.25, 0.3) is 5.56 Å². The van der Waals surface area contributed by atoms with Gasteiger partial charge < -0.3 is 20.1 Å². The Morgan fingerprint density at radius 3 is 2.80 bits per heavy atom. The van der Waals surface area contributed by atoms with Crippen LogP contribution in [0.4, 0.5) is 11.5 Å². The molecule has 1 saturated heterocycles. The van der Waals surface area contributed by atoms with E-state index >= 15 is 0 Å². The lowest BCUT2D eigenvalue weighted by atomic mass is 10.1. The minimum atomic E-state index is -1.42. The molecule has 0 unspecified atom stereocenters. The molecule has 2 aliphatic heterocycles. The standard InChI is InChI=1S/C9H12N4O7/c14-1-3-5(15)6(16)9(19-3)12-2-10-7-4(8(12)17)13(18)20-11-7/h2-3,5-6,9,11,14-16,18H,1H2/t3-,5+,6+,9-/m0/s1. The summed E-state index contributed by atoms with van der Waals surface area (Å²) in [5, 5.41) is 38.1. The van der Waals surface area contributed by atoms with Gasteiger partial charge in [-0.25, -0.2) is 10.5 Å². The summed E-state index contributed by atoms with van der Waals surface area (Å²) in [4.78, 5) is 20.5. The molecule has 11 nitrogen and oxygen atoms in total. The quantitative estimate of drug-likeness (QED) is 0.389. The van der Waals surface area contributed by atoms with Crippen molar-refractivity contribution < 1.29 is 30.2 Å². The van der Waals surface area contributed by atoms with Crippen molar-refractivity contribution in [2.75, 3.05) is 17.3 Å². The van der Waals surface area contributed by atoms with Crippen molar-refractivity contribution >= 4 is 11.5 Å². The Hall–Kier alpha value is -1.76. The summed E-state index contributed by atoms with van der Waals surface area (Å²) in [6.45, 7) is -0.515. The minimum absolute atomic E-state index is 0.000457.